The highest BCUT2D eigenvalue weighted by Crippen LogP contribution is 2.39. The van der Waals surface area contributed by atoms with Crippen LogP contribution in [0.3, 0.4) is 0 Å². The van der Waals surface area contributed by atoms with Crippen LogP contribution < -0.4 is 5.73 Å². The summed E-state index contributed by atoms with van der Waals surface area (Å²) in [4.78, 5) is 0. The van der Waals surface area contributed by atoms with Crippen molar-refractivity contribution in [3.8, 4) is 23.0 Å². The van der Waals surface area contributed by atoms with E-state index in [9.17, 15) is 20.4 Å². The molecular weight excluding hydrogens is 246 g/mol. The van der Waals surface area contributed by atoms with Crippen molar-refractivity contribution in [3.63, 3.8) is 0 Å². The second-order valence-electron chi connectivity index (χ2n) is 4.35. The minimum Gasteiger partial charge on any atom is -0.508 e. The van der Waals surface area contributed by atoms with Crippen molar-refractivity contribution >= 4 is 0 Å². The van der Waals surface area contributed by atoms with Crippen LogP contribution in [0.2, 0.25) is 0 Å². The third-order valence-corrected chi connectivity index (χ3v) is 2.95. The zero-order chi connectivity index (χ0) is 14.0. The summed E-state index contributed by atoms with van der Waals surface area (Å²) in [7, 11) is 0. The maximum atomic E-state index is 9.74. The maximum absolute atomic E-state index is 9.74. The summed E-state index contributed by atoms with van der Waals surface area (Å²) >= 11 is 0. The van der Waals surface area contributed by atoms with Crippen LogP contribution in [0, 0.1) is 0 Å². The Bertz CT molecular complexity index is 581. The van der Waals surface area contributed by atoms with Crippen molar-refractivity contribution in [3.05, 3.63) is 47.5 Å². The predicted octanol–water partition coefficient (Wildman–Crippen LogP) is 1.75. The second kappa shape index (κ2) is 5.07. The van der Waals surface area contributed by atoms with Gasteiger partial charge in [0, 0.05) is 11.6 Å². The summed E-state index contributed by atoms with van der Waals surface area (Å²) in [6.07, 6.45) is 0.429. The largest absolute Gasteiger partial charge is 0.508 e. The zero-order valence-electron chi connectivity index (χ0n) is 10.1. The lowest BCUT2D eigenvalue weighted by Crippen LogP contribution is -2.13. The summed E-state index contributed by atoms with van der Waals surface area (Å²) in [6, 6.07) is 8.78. The average Bonchev–Trinajstić information content (AvgIpc) is 2.39. The van der Waals surface area contributed by atoms with Crippen molar-refractivity contribution in [2.24, 2.45) is 5.73 Å². The molecule has 5 nitrogen and oxygen atoms in total. The van der Waals surface area contributed by atoms with Gasteiger partial charge < -0.3 is 26.2 Å². The second-order valence-corrected chi connectivity index (χ2v) is 4.35. The van der Waals surface area contributed by atoms with Crippen LogP contribution in [-0.2, 0) is 6.42 Å². The molecule has 1 unspecified atom stereocenters. The van der Waals surface area contributed by atoms with Gasteiger partial charge in [0.1, 0.15) is 5.75 Å². The minimum atomic E-state index is -0.571. The van der Waals surface area contributed by atoms with E-state index < -0.39 is 23.3 Å². The maximum Gasteiger partial charge on any atom is 0.200 e. The molecule has 0 aliphatic rings. The Labute approximate surface area is 110 Å². The Kier molecular flexibility index (Phi) is 3.48. The highest BCUT2D eigenvalue weighted by molar-refractivity contribution is 5.54. The molecule has 19 heavy (non-hydrogen) atoms. The Morgan fingerprint density at radius 2 is 1.47 bits per heavy atom. The Hall–Kier alpha value is -2.40. The van der Waals surface area contributed by atoms with Gasteiger partial charge in [0.15, 0.2) is 11.5 Å². The molecule has 100 valence electrons. The lowest BCUT2D eigenvalue weighted by atomic mass is 9.98. The van der Waals surface area contributed by atoms with Gasteiger partial charge in [0.25, 0.3) is 0 Å². The van der Waals surface area contributed by atoms with Gasteiger partial charge in [-0.15, -0.1) is 0 Å². The van der Waals surface area contributed by atoms with E-state index in [1.807, 2.05) is 0 Å². The summed E-state index contributed by atoms with van der Waals surface area (Å²) < 4.78 is 0. The molecule has 6 N–H and O–H groups in total. The number of rotatable bonds is 3. The molecule has 2 aromatic rings. The van der Waals surface area contributed by atoms with Crippen LogP contribution in [0.1, 0.15) is 17.2 Å². The fourth-order valence-electron chi connectivity index (χ4n) is 1.88. The lowest BCUT2D eigenvalue weighted by Gasteiger charge is -2.15. The number of benzene rings is 2. The third kappa shape index (κ3) is 2.71. The Morgan fingerprint density at radius 3 is 2.11 bits per heavy atom. The van der Waals surface area contributed by atoms with Crippen molar-refractivity contribution in [2.45, 2.75) is 12.5 Å². The normalized spacial score (nSPS) is 12.3. The molecule has 0 aliphatic heterocycles. The number of hydrogen-bond donors (Lipinski definition) is 5. The predicted molar refractivity (Wildman–Crippen MR) is 70.2 cm³/mol. The molecule has 0 radical (unpaired) electrons. The van der Waals surface area contributed by atoms with Gasteiger partial charge in [-0.25, -0.2) is 0 Å². The number of nitrogens with two attached hydrogens (primary N) is 1. The third-order valence-electron chi connectivity index (χ3n) is 2.95. The molecule has 5 heteroatoms. The van der Waals surface area contributed by atoms with E-state index in [4.69, 9.17) is 5.73 Å². The van der Waals surface area contributed by atoms with Gasteiger partial charge in [-0.2, -0.15) is 0 Å². The molecule has 0 saturated carbocycles. The number of phenolic OH excluding ortho intramolecular Hbond substituents is 4. The molecule has 0 heterocycles. The Morgan fingerprint density at radius 1 is 0.842 bits per heavy atom. The molecule has 0 aliphatic carbocycles. The molecule has 1 atom stereocenters. The molecule has 0 bridgehead atoms. The van der Waals surface area contributed by atoms with Crippen LogP contribution in [0.15, 0.2) is 36.4 Å². The van der Waals surface area contributed by atoms with Crippen LogP contribution in [0.5, 0.6) is 23.0 Å². The van der Waals surface area contributed by atoms with E-state index in [1.54, 1.807) is 24.3 Å². The van der Waals surface area contributed by atoms with Gasteiger partial charge >= 0.3 is 0 Å². The van der Waals surface area contributed by atoms with Gasteiger partial charge in [-0.1, -0.05) is 12.1 Å². The number of aromatic hydroxyl groups is 4. The SMILES string of the molecule is NC(Cc1ccc(O)cc1)c1ccc(O)c(O)c1O. The van der Waals surface area contributed by atoms with Crippen molar-refractivity contribution in [2.75, 3.05) is 0 Å². The summed E-state index contributed by atoms with van der Waals surface area (Å²) in [5.74, 6) is -1.20. The fourth-order valence-corrected chi connectivity index (χ4v) is 1.88. The first-order chi connectivity index (χ1) is 8.99. The van der Waals surface area contributed by atoms with E-state index >= 15 is 0 Å². The van der Waals surface area contributed by atoms with E-state index in [0.29, 0.717) is 12.0 Å². The van der Waals surface area contributed by atoms with Crippen molar-refractivity contribution in [1.82, 2.24) is 0 Å². The standard InChI is InChI=1S/C14H15NO4/c15-11(7-8-1-3-9(16)4-2-8)10-5-6-12(17)14(19)13(10)18/h1-6,11,16-19H,7,15H2. The topological polar surface area (TPSA) is 107 Å². The van der Waals surface area contributed by atoms with Gasteiger partial charge in [-0.05, 0) is 36.2 Å². The van der Waals surface area contributed by atoms with Gasteiger partial charge in [-0.3, -0.25) is 0 Å². The van der Waals surface area contributed by atoms with Crippen molar-refractivity contribution in [1.29, 1.82) is 0 Å². The summed E-state index contributed by atoms with van der Waals surface area (Å²) in [5.41, 5.74) is 7.21. The molecule has 0 spiro atoms. The van der Waals surface area contributed by atoms with Gasteiger partial charge in [0.2, 0.25) is 5.75 Å². The zero-order valence-corrected chi connectivity index (χ0v) is 10.1. The van der Waals surface area contributed by atoms with E-state index in [0.717, 1.165) is 5.56 Å². The lowest BCUT2D eigenvalue weighted by molar-refractivity contribution is 0.363. The van der Waals surface area contributed by atoms with E-state index in [-0.39, 0.29) is 5.75 Å². The molecular formula is C14H15NO4. The quantitative estimate of drug-likeness (QED) is 0.541. The first kappa shape index (κ1) is 13.0. The smallest absolute Gasteiger partial charge is 0.200 e. The van der Waals surface area contributed by atoms with Crippen LogP contribution in [0.25, 0.3) is 0 Å². The number of hydrogen-bond acceptors (Lipinski definition) is 5. The monoisotopic (exact) mass is 261 g/mol. The van der Waals surface area contributed by atoms with Crippen LogP contribution in [0.4, 0.5) is 0 Å². The summed E-state index contributed by atoms with van der Waals surface area (Å²) in [5, 5.41) is 37.6. The van der Waals surface area contributed by atoms with E-state index in [1.165, 1.54) is 12.1 Å². The molecule has 0 amide bonds. The fraction of sp³-hybridized carbons (Fsp3) is 0.143. The highest BCUT2D eigenvalue weighted by atomic mass is 16.3. The molecule has 2 rings (SSSR count). The van der Waals surface area contributed by atoms with E-state index in [2.05, 4.69) is 0 Å². The molecule has 0 saturated heterocycles. The Balaban J connectivity index is 2.23. The highest BCUT2D eigenvalue weighted by Gasteiger charge is 2.16. The van der Waals surface area contributed by atoms with Crippen molar-refractivity contribution < 1.29 is 20.4 Å². The first-order valence-electron chi connectivity index (χ1n) is 5.76. The summed E-state index contributed by atoms with van der Waals surface area (Å²) in [6.45, 7) is 0. The number of phenols is 4. The first-order valence-corrected chi connectivity index (χ1v) is 5.76. The molecule has 0 fully saturated rings. The van der Waals surface area contributed by atoms with Crippen LogP contribution >= 0.6 is 0 Å². The van der Waals surface area contributed by atoms with Crippen LogP contribution in [-0.4, -0.2) is 20.4 Å². The molecule has 2 aromatic carbocycles. The average molecular weight is 261 g/mol. The molecule has 0 aromatic heterocycles. The van der Waals surface area contributed by atoms with Gasteiger partial charge in [0.05, 0.1) is 0 Å². The minimum absolute atomic E-state index is 0.169.